The van der Waals surface area contributed by atoms with Gasteiger partial charge in [-0.25, -0.2) is 0 Å². The molecule has 1 aliphatic heterocycles. The number of rotatable bonds is 5. The maximum atomic E-state index is 3.69. The summed E-state index contributed by atoms with van der Waals surface area (Å²) < 4.78 is 0. The van der Waals surface area contributed by atoms with Crippen molar-refractivity contribution in [2.75, 3.05) is 24.5 Å². The van der Waals surface area contributed by atoms with E-state index in [4.69, 9.17) is 0 Å². The molecule has 1 heterocycles. The number of nitrogens with zero attached hydrogens (tertiary/aromatic N) is 1. The highest BCUT2D eigenvalue weighted by Crippen LogP contribution is 2.28. The summed E-state index contributed by atoms with van der Waals surface area (Å²) in [4.78, 5) is 2.60. The first kappa shape index (κ1) is 14.4. The van der Waals surface area contributed by atoms with E-state index in [-0.39, 0.29) is 0 Å². The molecule has 0 amide bonds. The summed E-state index contributed by atoms with van der Waals surface area (Å²) in [7, 11) is 0. The maximum Gasteiger partial charge on any atom is 0.0428 e. The van der Waals surface area contributed by atoms with Gasteiger partial charge in [-0.15, -0.1) is 0 Å². The predicted octanol–water partition coefficient (Wildman–Crippen LogP) is 3.53. The highest BCUT2D eigenvalue weighted by atomic mass is 15.2. The Morgan fingerprint density at radius 3 is 2.89 bits per heavy atom. The molecule has 0 aliphatic carbocycles. The van der Waals surface area contributed by atoms with Gasteiger partial charge in [0.05, 0.1) is 0 Å². The van der Waals surface area contributed by atoms with Crippen LogP contribution in [0.15, 0.2) is 18.2 Å². The quantitative estimate of drug-likeness (QED) is 0.871. The normalized spacial score (nSPS) is 19.7. The van der Waals surface area contributed by atoms with Gasteiger partial charge in [0.15, 0.2) is 0 Å². The van der Waals surface area contributed by atoms with Crippen LogP contribution in [0.3, 0.4) is 0 Å². The average molecular weight is 260 g/mol. The Labute approximate surface area is 118 Å². The van der Waals surface area contributed by atoms with Gasteiger partial charge in [0, 0.05) is 24.8 Å². The Bertz CT molecular complexity index is 400. The molecule has 2 nitrogen and oxygen atoms in total. The van der Waals surface area contributed by atoms with Crippen molar-refractivity contribution in [3.05, 3.63) is 29.3 Å². The number of hydrogen-bond acceptors (Lipinski definition) is 2. The van der Waals surface area contributed by atoms with Crippen LogP contribution >= 0.6 is 0 Å². The maximum absolute atomic E-state index is 3.69. The van der Waals surface area contributed by atoms with Gasteiger partial charge in [-0.3, -0.25) is 0 Å². The minimum absolute atomic E-state index is 0.665. The minimum Gasteiger partial charge on any atom is -0.370 e. The van der Waals surface area contributed by atoms with Crippen LogP contribution in [-0.4, -0.2) is 25.7 Å². The van der Waals surface area contributed by atoms with Crippen molar-refractivity contribution >= 4 is 5.69 Å². The smallest absolute Gasteiger partial charge is 0.0428 e. The molecule has 0 spiro atoms. The molecule has 0 radical (unpaired) electrons. The van der Waals surface area contributed by atoms with E-state index in [0.29, 0.717) is 6.04 Å². The number of hydrogen-bond donors (Lipinski definition) is 1. The topological polar surface area (TPSA) is 15.3 Å². The monoisotopic (exact) mass is 260 g/mol. The molecule has 2 heteroatoms. The van der Waals surface area contributed by atoms with Gasteiger partial charge in [-0.1, -0.05) is 32.0 Å². The zero-order valence-corrected chi connectivity index (χ0v) is 12.7. The van der Waals surface area contributed by atoms with Crippen LogP contribution in [0.25, 0.3) is 0 Å². The second kappa shape index (κ2) is 6.95. The second-order valence-corrected chi connectivity index (χ2v) is 5.68. The van der Waals surface area contributed by atoms with Gasteiger partial charge in [0.1, 0.15) is 0 Å². The lowest BCUT2D eigenvalue weighted by molar-refractivity contribution is 0.422. The first-order chi connectivity index (χ1) is 9.26. The largest absolute Gasteiger partial charge is 0.370 e. The van der Waals surface area contributed by atoms with Crippen molar-refractivity contribution in [3.8, 4) is 0 Å². The van der Waals surface area contributed by atoms with Gasteiger partial charge >= 0.3 is 0 Å². The first-order valence-corrected chi connectivity index (χ1v) is 7.83. The Morgan fingerprint density at radius 2 is 2.16 bits per heavy atom. The minimum atomic E-state index is 0.665. The summed E-state index contributed by atoms with van der Waals surface area (Å²) in [5, 5.41) is 3.69. The summed E-state index contributed by atoms with van der Waals surface area (Å²) in [5.74, 6) is 0. The van der Waals surface area contributed by atoms with Gasteiger partial charge in [0.2, 0.25) is 0 Å². The summed E-state index contributed by atoms with van der Waals surface area (Å²) in [6, 6.07) is 7.38. The fraction of sp³-hybridized carbons (Fsp3) is 0.647. The van der Waals surface area contributed by atoms with E-state index >= 15 is 0 Å². The van der Waals surface area contributed by atoms with Crippen molar-refractivity contribution in [3.63, 3.8) is 0 Å². The molecule has 0 aromatic heterocycles. The van der Waals surface area contributed by atoms with E-state index in [1.165, 1.54) is 42.6 Å². The number of piperidine rings is 1. The number of anilines is 1. The fourth-order valence-electron chi connectivity index (χ4n) is 3.15. The molecule has 1 aromatic rings. The lowest BCUT2D eigenvalue weighted by Gasteiger charge is -2.37. The predicted molar refractivity (Wildman–Crippen MR) is 84.1 cm³/mol. The SMILES string of the molecule is CCCNC1CCCN(c2c(C)cccc2CC)C1. The first-order valence-electron chi connectivity index (χ1n) is 7.83. The second-order valence-electron chi connectivity index (χ2n) is 5.68. The summed E-state index contributed by atoms with van der Waals surface area (Å²) in [6.07, 6.45) is 4.98. The van der Waals surface area contributed by atoms with Gasteiger partial charge in [-0.2, -0.15) is 0 Å². The van der Waals surface area contributed by atoms with E-state index < -0.39 is 0 Å². The zero-order chi connectivity index (χ0) is 13.7. The third-order valence-corrected chi connectivity index (χ3v) is 4.12. The molecule has 1 N–H and O–H groups in total. The average Bonchev–Trinajstić information content (AvgIpc) is 2.45. The van der Waals surface area contributed by atoms with E-state index in [1.54, 1.807) is 0 Å². The number of aryl methyl sites for hydroxylation is 2. The Morgan fingerprint density at radius 1 is 1.32 bits per heavy atom. The molecule has 0 saturated carbocycles. The molecular weight excluding hydrogens is 232 g/mol. The van der Waals surface area contributed by atoms with Crippen molar-refractivity contribution in [1.82, 2.24) is 5.32 Å². The highest BCUT2D eigenvalue weighted by molar-refractivity contribution is 5.59. The Balaban J connectivity index is 2.12. The molecule has 106 valence electrons. The molecule has 1 aliphatic rings. The van der Waals surface area contributed by atoms with Crippen LogP contribution in [-0.2, 0) is 6.42 Å². The zero-order valence-electron chi connectivity index (χ0n) is 12.7. The van der Waals surface area contributed by atoms with Crippen molar-refractivity contribution in [2.24, 2.45) is 0 Å². The molecule has 1 aromatic carbocycles. The van der Waals surface area contributed by atoms with Crippen molar-refractivity contribution in [1.29, 1.82) is 0 Å². The third kappa shape index (κ3) is 3.50. The van der Waals surface area contributed by atoms with Crippen LogP contribution in [0.1, 0.15) is 44.2 Å². The Hall–Kier alpha value is -1.02. The van der Waals surface area contributed by atoms with E-state index in [9.17, 15) is 0 Å². The van der Waals surface area contributed by atoms with Gasteiger partial charge in [0.25, 0.3) is 0 Å². The molecule has 1 atom stereocenters. The molecule has 1 fully saturated rings. The van der Waals surface area contributed by atoms with Crippen molar-refractivity contribution < 1.29 is 0 Å². The molecule has 2 rings (SSSR count). The standard InChI is InChI=1S/C17H28N2/c1-4-11-18-16-10-7-12-19(13-16)17-14(3)8-6-9-15(17)5-2/h6,8-9,16,18H,4-5,7,10-13H2,1-3H3. The van der Waals surface area contributed by atoms with E-state index in [1.807, 2.05) is 0 Å². The number of para-hydroxylation sites is 1. The molecule has 19 heavy (non-hydrogen) atoms. The number of nitrogens with one attached hydrogen (secondary N) is 1. The third-order valence-electron chi connectivity index (χ3n) is 4.12. The van der Waals surface area contributed by atoms with E-state index in [2.05, 4.69) is 49.2 Å². The number of benzene rings is 1. The molecule has 1 unspecified atom stereocenters. The van der Waals surface area contributed by atoms with E-state index in [0.717, 1.165) is 19.5 Å². The fourth-order valence-corrected chi connectivity index (χ4v) is 3.15. The molecular formula is C17H28N2. The van der Waals surface area contributed by atoms with Crippen LogP contribution in [0.2, 0.25) is 0 Å². The van der Waals surface area contributed by atoms with Crippen LogP contribution in [0, 0.1) is 6.92 Å². The Kier molecular flexibility index (Phi) is 5.26. The van der Waals surface area contributed by atoms with Crippen LogP contribution in [0.5, 0.6) is 0 Å². The highest BCUT2D eigenvalue weighted by Gasteiger charge is 2.21. The van der Waals surface area contributed by atoms with Gasteiger partial charge in [-0.05, 0) is 50.3 Å². The lowest BCUT2D eigenvalue weighted by Crippen LogP contribution is -2.46. The van der Waals surface area contributed by atoms with Crippen LogP contribution < -0.4 is 10.2 Å². The summed E-state index contributed by atoms with van der Waals surface area (Å²) in [6.45, 7) is 10.3. The van der Waals surface area contributed by atoms with Gasteiger partial charge < -0.3 is 10.2 Å². The van der Waals surface area contributed by atoms with Crippen molar-refractivity contribution in [2.45, 2.75) is 52.5 Å². The molecule has 1 saturated heterocycles. The summed E-state index contributed by atoms with van der Waals surface area (Å²) >= 11 is 0. The van der Waals surface area contributed by atoms with Crippen LogP contribution in [0.4, 0.5) is 5.69 Å². The summed E-state index contributed by atoms with van der Waals surface area (Å²) in [5.41, 5.74) is 4.42. The molecule has 0 bridgehead atoms. The lowest BCUT2D eigenvalue weighted by atomic mass is 10.00.